The van der Waals surface area contributed by atoms with Crippen LogP contribution in [-0.2, 0) is 11.2 Å². The Balaban J connectivity index is 1.68. The van der Waals surface area contributed by atoms with Crippen LogP contribution < -0.4 is 10.1 Å². The smallest absolute Gasteiger partial charge is 0.422 e. The van der Waals surface area contributed by atoms with Gasteiger partial charge in [0.25, 0.3) is 11.6 Å². The van der Waals surface area contributed by atoms with Crippen molar-refractivity contribution in [3.63, 3.8) is 0 Å². The van der Waals surface area contributed by atoms with Crippen molar-refractivity contribution in [2.45, 2.75) is 12.6 Å². The predicted molar refractivity (Wildman–Crippen MR) is 117 cm³/mol. The molecule has 2 aromatic rings. The molecule has 1 fully saturated rings. The van der Waals surface area contributed by atoms with E-state index in [1.165, 1.54) is 0 Å². The van der Waals surface area contributed by atoms with Gasteiger partial charge in [-0.25, -0.2) is 0 Å². The minimum absolute atomic E-state index is 0.0124. The van der Waals surface area contributed by atoms with Gasteiger partial charge in [-0.15, -0.1) is 0 Å². The molecule has 1 aliphatic heterocycles. The fourth-order valence-corrected chi connectivity index (χ4v) is 4.02. The maximum atomic E-state index is 12.6. The van der Waals surface area contributed by atoms with E-state index in [1.807, 2.05) is 0 Å². The van der Waals surface area contributed by atoms with E-state index in [-0.39, 0.29) is 18.1 Å². The number of ether oxygens (including phenoxy) is 1. The number of amides is 2. The highest BCUT2D eigenvalue weighted by Crippen LogP contribution is 2.27. The molecule has 1 saturated heterocycles. The van der Waals surface area contributed by atoms with Crippen molar-refractivity contribution in [2.75, 3.05) is 36.5 Å². The Hall–Kier alpha value is -3.28. The quantitative estimate of drug-likeness (QED) is 0.473. The Labute approximate surface area is 191 Å². The molecule has 0 unspecified atom stereocenters. The van der Waals surface area contributed by atoms with Crippen molar-refractivity contribution in [1.82, 2.24) is 4.90 Å². The standard InChI is InChI=1S/C21H20F3N3O5S/c22-21(23,24)13-32-16-5-6-18(27(30)31)17(12-16)20(29)25-15-3-1-14(2-4-15)11-19(28)26-7-9-33-10-8-26/h1-6,12H,7-11,13H2,(H,25,29). The molecular weight excluding hydrogens is 463 g/mol. The number of thioether (sulfide) groups is 1. The Morgan fingerprint density at radius 2 is 1.79 bits per heavy atom. The minimum atomic E-state index is -4.60. The SMILES string of the molecule is O=C(Nc1ccc(CC(=O)N2CCSCC2)cc1)c1cc(OCC(F)(F)F)ccc1[N+](=O)[O-]. The van der Waals surface area contributed by atoms with Crippen LogP contribution in [0.4, 0.5) is 24.5 Å². The van der Waals surface area contributed by atoms with E-state index in [1.54, 1.807) is 40.9 Å². The lowest BCUT2D eigenvalue weighted by Gasteiger charge is -2.26. The summed E-state index contributed by atoms with van der Waals surface area (Å²) in [6.45, 7) is -0.174. The average molecular weight is 483 g/mol. The van der Waals surface area contributed by atoms with Crippen LogP contribution in [0.2, 0.25) is 0 Å². The second-order valence-electron chi connectivity index (χ2n) is 7.16. The lowest BCUT2D eigenvalue weighted by Crippen LogP contribution is -2.38. The second-order valence-corrected chi connectivity index (χ2v) is 8.39. The third kappa shape index (κ3) is 7.11. The van der Waals surface area contributed by atoms with Gasteiger partial charge in [0, 0.05) is 36.3 Å². The molecule has 0 aromatic heterocycles. The van der Waals surface area contributed by atoms with Crippen LogP contribution in [0.25, 0.3) is 0 Å². The number of alkyl halides is 3. The third-order valence-corrected chi connectivity index (χ3v) is 5.69. The number of anilines is 1. The van der Waals surface area contributed by atoms with Gasteiger partial charge in [0.05, 0.1) is 11.3 Å². The second kappa shape index (κ2) is 10.6. The van der Waals surface area contributed by atoms with Gasteiger partial charge in [-0.1, -0.05) is 12.1 Å². The summed E-state index contributed by atoms with van der Waals surface area (Å²) in [7, 11) is 0. The summed E-state index contributed by atoms with van der Waals surface area (Å²) >= 11 is 1.80. The van der Waals surface area contributed by atoms with E-state index in [4.69, 9.17) is 0 Å². The van der Waals surface area contributed by atoms with E-state index >= 15 is 0 Å². The van der Waals surface area contributed by atoms with Crippen molar-refractivity contribution >= 4 is 35.0 Å². The van der Waals surface area contributed by atoms with Crippen molar-refractivity contribution in [1.29, 1.82) is 0 Å². The number of halogens is 3. The molecule has 8 nitrogen and oxygen atoms in total. The Kier molecular flexibility index (Phi) is 7.79. The first-order valence-corrected chi connectivity index (χ1v) is 11.0. The lowest BCUT2D eigenvalue weighted by molar-refractivity contribution is -0.385. The number of nitrogens with zero attached hydrogens (tertiary/aromatic N) is 2. The molecule has 0 spiro atoms. The summed E-state index contributed by atoms with van der Waals surface area (Å²) in [6.07, 6.45) is -4.39. The van der Waals surface area contributed by atoms with Crippen molar-refractivity contribution in [3.05, 3.63) is 63.7 Å². The molecule has 0 bridgehead atoms. The average Bonchev–Trinajstić information content (AvgIpc) is 2.78. The molecule has 0 radical (unpaired) electrons. The van der Waals surface area contributed by atoms with Crippen LogP contribution in [0.1, 0.15) is 15.9 Å². The predicted octanol–water partition coefficient (Wildman–Crippen LogP) is 3.91. The zero-order valence-electron chi connectivity index (χ0n) is 17.3. The van der Waals surface area contributed by atoms with Gasteiger partial charge in [-0.3, -0.25) is 19.7 Å². The highest BCUT2D eigenvalue weighted by Gasteiger charge is 2.29. The largest absolute Gasteiger partial charge is 0.484 e. The van der Waals surface area contributed by atoms with Gasteiger partial charge in [0.15, 0.2) is 6.61 Å². The third-order valence-electron chi connectivity index (χ3n) is 4.74. The van der Waals surface area contributed by atoms with Gasteiger partial charge in [-0.05, 0) is 29.8 Å². The fraction of sp³-hybridized carbons (Fsp3) is 0.333. The molecule has 2 amide bonds. The number of rotatable bonds is 7. The first-order chi connectivity index (χ1) is 15.6. The Bertz CT molecular complexity index is 1020. The fourth-order valence-electron chi connectivity index (χ4n) is 3.11. The number of hydrogen-bond donors (Lipinski definition) is 1. The number of nitrogens with one attached hydrogen (secondary N) is 1. The molecular formula is C21H20F3N3O5S. The number of hydrogen-bond acceptors (Lipinski definition) is 6. The molecule has 33 heavy (non-hydrogen) atoms. The van der Waals surface area contributed by atoms with Crippen molar-refractivity contribution in [2.24, 2.45) is 0 Å². The number of nitro groups is 1. The van der Waals surface area contributed by atoms with Crippen molar-refractivity contribution < 1.29 is 32.4 Å². The monoisotopic (exact) mass is 483 g/mol. The molecule has 0 atom stereocenters. The summed E-state index contributed by atoms with van der Waals surface area (Å²) in [5, 5.41) is 13.7. The van der Waals surface area contributed by atoms with Gasteiger partial charge in [-0.2, -0.15) is 24.9 Å². The maximum absolute atomic E-state index is 12.6. The summed E-state index contributed by atoms with van der Waals surface area (Å²) in [6, 6.07) is 9.20. The number of carbonyl (C=O) groups excluding carboxylic acids is 2. The molecule has 1 aliphatic rings. The highest BCUT2D eigenvalue weighted by atomic mass is 32.2. The summed E-state index contributed by atoms with van der Waals surface area (Å²) in [5.41, 5.74) is 0.0295. The first kappa shape index (κ1) is 24.4. The van der Waals surface area contributed by atoms with Gasteiger partial charge in [0.2, 0.25) is 5.91 Å². The Morgan fingerprint density at radius 1 is 1.12 bits per heavy atom. The van der Waals surface area contributed by atoms with E-state index < -0.39 is 34.9 Å². The van der Waals surface area contributed by atoms with Gasteiger partial charge < -0.3 is 15.0 Å². The maximum Gasteiger partial charge on any atom is 0.422 e. The zero-order chi connectivity index (χ0) is 24.0. The highest BCUT2D eigenvalue weighted by molar-refractivity contribution is 7.99. The number of carbonyl (C=O) groups is 2. The molecule has 12 heteroatoms. The topological polar surface area (TPSA) is 102 Å². The lowest BCUT2D eigenvalue weighted by atomic mass is 10.1. The molecule has 176 valence electrons. The first-order valence-electron chi connectivity index (χ1n) is 9.86. The summed E-state index contributed by atoms with van der Waals surface area (Å²) < 4.78 is 41.7. The van der Waals surface area contributed by atoms with Crippen LogP contribution in [0.5, 0.6) is 5.75 Å². The molecule has 0 aliphatic carbocycles. The zero-order valence-corrected chi connectivity index (χ0v) is 18.1. The molecule has 1 heterocycles. The Morgan fingerprint density at radius 3 is 2.39 bits per heavy atom. The molecule has 0 saturated carbocycles. The normalized spacial score (nSPS) is 14.0. The van der Waals surface area contributed by atoms with Crippen molar-refractivity contribution in [3.8, 4) is 5.75 Å². The van der Waals surface area contributed by atoms with E-state index in [0.717, 1.165) is 35.3 Å². The van der Waals surface area contributed by atoms with Crippen LogP contribution in [0.3, 0.4) is 0 Å². The van der Waals surface area contributed by atoms with E-state index in [2.05, 4.69) is 10.1 Å². The van der Waals surface area contributed by atoms with Crippen LogP contribution in [0.15, 0.2) is 42.5 Å². The number of nitro benzene ring substituents is 1. The van der Waals surface area contributed by atoms with Gasteiger partial charge >= 0.3 is 6.18 Å². The van der Waals surface area contributed by atoms with E-state index in [9.17, 15) is 32.9 Å². The summed E-state index contributed by atoms with van der Waals surface area (Å²) in [5.74, 6) is 0.622. The minimum Gasteiger partial charge on any atom is -0.484 e. The summed E-state index contributed by atoms with van der Waals surface area (Å²) in [4.78, 5) is 37.2. The molecule has 3 rings (SSSR count). The molecule has 1 N–H and O–H groups in total. The van der Waals surface area contributed by atoms with Crippen LogP contribution in [-0.4, -0.2) is 59.0 Å². The molecule has 2 aromatic carbocycles. The van der Waals surface area contributed by atoms with Gasteiger partial charge in [0.1, 0.15) is 11.3 Å². The number of benzene rings is 2. The van der Waals surface area contributed by atoms with E-state index in [0.29, 0.717) is 18.8 Å². The van der Waals surface area contributed by atoms with Crippen LogP contribution in [0, 0.1) is 10.1 Å². The van der Waals surface area contributed by atoms with Crippen LogP contribution >= 0.6 is 11.8 Å².